The normalized spacial score (nSPS) is 12.1. The number of aryl methyl sites for hydroxylation is 1. The topological polar surface area (TPSA) is 44.2 Å². The molecule has 0 aliphatic rings. The van der Waals surface area contributed by atoms with Gasteiger partial charge in [0.05, 0.1) is 6.61 Å². The number of benzene rings is 1. The largest absolute Gasteiger partial charge is 0.465 e. The number of ether oxygens (including phenoxy) is 2. The summed E-state index contributed by atoms with van der Waals surface area (Å²) < 4.78 is 12.3. The summed E-state index contributed by atoms with van der Waals surface area (Å²) in [7, 11) is 0. The van der Waals surface area contributed by atoms with Crippen molar-refractivity contribution in [2.45, 2.75) is 130 Å². The lowest BCUT2D eigenvalue weighted by molar-refractivity contribution is -0.0863. The van der Waals surface area contributed by atoms with Crippen LogP contribution in [-0.2, 0) is 11.2 Å². The quantitative estimate of drug-likeness (QED) is 0.131. The van der Waals surface area contributed by atoms with Crippen LogP contribution in [-0.4, -0.2) is 22.9 Å². The Kier molecular flexibility index (Phi) is 16.1. The number of aromatic nitrogens is 2. The van der Waals surface area contributed by atoms with Gasteiger partial charge in [-0.15, -0.1) is 0 Å². The van der Waals surface area contributed by atoms with Gasteiger partial charge in [0.15, 0.2) is 12.1 Å². The Balaban J connectivity index is 1.78. The van der Waals surface area contributed by atoms with E-state index >= 15 is 0 Å². The highest BCUT2D eigenvalue weighted by Gasteiger charge is 2.11. The van der Waals surface area contributed by atoms with Crippen LogP contribution in [0.1, 0.15) is 123 Å². The molecule has 0 saturated heterocycles. The summed E-state index contributed by atoms with van der Waals surface area (Å²) in [5.74, 6) is 1.61. The summed E-state index contributed by atoms with van der Waals surface area (Å²) in [5.41, 5.74) is 2.24. The van der Waals surface area contributed by atoms with Gasteiger partial charge in [-0.2, -0.15) is 0 Å². The van der Waals surface area contributed by atoms with Gasteiger partial charge >= 0.3 is 0 Å². The molecule has 35 heavy (non-hydrogen) atoms. The minimum absolute atomic E-state index is 0.172. The third kappa shape index (κ3) is 13.1. The van der Waals surface area contributed by atoms with E-state index in [1.807, 2.05) is 36.7 Å². The zero-order chi connectivity index (χ0) is 25.0. The number of nitrogens with zero attached hydrogens (tertiary/aromatic N) is 2. The van der Waals surface area contributed by atoms with Crippen LogP contribution in [0, 0.1) is 0 Å². The van der Waals surface area contributed by atoms with E-state index in [1.165, 1.54) is 76.2 Å². The molecule has 1 unspecified atom stereocenters. The third-order valence-electron chi connectivity index (χ3n) is 6.50. The molecule has 1 aromatic carbocycles. The second kappa shape index (κ2) is 19.3. The van der Waals surface area contributed by atoms with Crippen LogP contribution in [0.25, 0.3) is 11.4 Å². The molecule has 2 aromatic rings. The van der Waals surface area contributed by atoms with Gasteiger partial charge in [-0.1, -0.05) is 91.4 Å². The lowest BCUT2D eigenvalue weighted by Crippen LogP contribution is -2.21. The molecular weight excluding hydrogens is 432 g/mol. The van der Waals surface area contributed by atoms with Gasteiger partial charge in [-0.05, 0) is 55.5 Å². The second-order valence-corrected chi connectivity index (χ2v) is 9.79. The van der Waals surface area contributed by atoms with Crippen molar-refractivity contribution in [3.05, 3.63) is 42.2 Å². The fourth-order valence-electron chi connectivity index (χ4n) is 4.22. The number of unbranched alkanes of at least 4 members (excludes halogenated alkanes) is 11. The highest BCUT2D eigenvalue weighted by molar-refractivity contribution is 5.55. The van der Waals surface area contributed by atoms with Gasteiger partial charge in [-0.25, -0.2) is 9.97 Å². The van der Waals surface area contributed by atoms with Crippen LogP contribution in [0.15, 0.2) is 36.7 Å². The predicted octanol–water partition coefficient (Wildman–Crippen LogP) is 9.32. The van der Waals surface area contributed by atoms with E-state index in [-0.39, 0.29) is 6.29 Å². The molecule has 0 fully saturated rings. The zero-order valence-electron chi connectivity index (χ0n) is 22.8. The van der Waals surface area contributed by atoms with E-state index in [0.29, 0.717) is 0 Å². The Hall–Kier alpha value is -1.94. The van der Waals surface area contributed by atoms with Crippen LogP contribution in [0.4, 0.5) is 0 Å². The van der Waals surface area contributed by atoms with Gasteiger partial charge in [0, 0.05) is 24.4 Å². The lowest BCUT2D eigenvalue weighted by Gasteiger charge is -2.20. The Morgan fingerprint density at radius 2 is 1.23 bits per heavy atom. The van der Waals surface area contributed by atoms with E-state index in [4.69, 9.17) is 9.47 Å². The van der Waals surface area contributed by atoms with E-state index in [2.05, 4.69) is 30.7 Å². The van der Waals surface area contributed by atoms with Crippen molar-refractivity contribution in [3.8, 4) is 17.1 Å². The van der Waals surface area contributed by atoms with E-state index < -0.39 is 0 Å². The lowest BCUT2D eigenvalue weighted by atomic mass is 10.1. The predicted molar refractivity (Wildman–Crippen MR) is 148 cm³/mol. The van der Waals surface area contributed by atoms with Crippen molar-refractivity contribution in [2.75, 3.05) is 6.61 Å². The summed E-state index contributed by atoms with van der Waals surface area (Å²) in [6.07, 6.45) is 23.5. The molecule has 0 amide bonds. The van der Waals surface area contributed by atoms with Gasteiger partial charge in [-0.3, -0.25) is 0 Å². The smallest absolute Gasteiger partial charge is 0.199 e. The molecular formula is C31H50N2O2. The molecule has 196 valence electrons. The van der Waals surface area contributed by atoms with E-state index in [9.17, 15) is 0 Å². The molecule has 0 radical (unpaired) electrons. The number of hydrogen-bond donors (Lipinski definition) is 0. The highest BCUT2D eigenvalue weighted by Crippen LogP contribution is 2.22. The van der Waals surface area contributed by atoms with Crippen molar-refractivity contribution in [3.63, 3.8) is 0 Å². The van der Waals surface area contributed by atoms with Crippen LogP contribution in [0.2, 0.25) is 0 Å². The monoisotopic (exact) mass is 482 g/mol. The maximum Gasteiger partial charge on any atom is 0.199 e. The first kappa shape index (κ1) is 29.3. The Morgan fingerprint density at radius 3 is 1.86 bits per heavy atom. The maximum absolute atomic E-state index is 6.19. The first-order valence-corrected chi connectivity index (χ1v) is 14.5. The van der Waals surface area contributed by atoms with Crippen LogP contribution >= 0.6 is 0 Å². The Labute approximate surface area is 215 Å². The SMILES string of the molecule is CCCCCCCCOC(CCCC)Oc1ccc(-c2ncc(CCCCCCCC)cn2)cc1. The molecule has 0 aliphatic heterocycles. The van der Waals surface area contributed by atoms with E-state index in [1.54, 1.807) is 0 Å². The minimum atomic E-state index is -0.172. The van der Waals surface area contributed by atoms with Crippen molar-refractivity contribution in [1.82, 2.24) is 9.97 Å². The fraction of sp³-hybridized carbons (Fsp3) is 0.677. The second-order valence-electron chi connectivity index (χ2n) is 9.79. The van der Waals surface area contributed by atoms with Crippen LogP contribution < -0.4 is 4.74 Å². The van der Waals surface area contributed by atoms with E-state index in [0.717, 1.165) is 55.8 Å². The fourth-order valence-corrected chi connectivity index (χ4v) is 4.22. The molecule has 0 saturated carbocycles. The van der Waals surface area contributed by atoms with Gasteiger partial charge < -0.3 is 9.47 Å². The minimum Gasteiger partial charge on any atom is -0.465 e. The maximum atomic E-state index is 6.19. The molecule has 0 aliphatic carbocycles. The van der Waals surface area contributed by atoms with Gasteiger partial charge in [0.25, 0.3) is 0 Å². The third-order valence-corrected chi connectivity index (χ3v) is 6.50. The Morgan fingerprint density at radius 1 is 0.657 bits per heavy atom. The molecule has 4 nitrogen and oxygen atoms in total. The Bertz CT molecular complexity index is 746. The molecule has 1 atom stereocenters. The van der Waals surface area contributed by atoms with Crippen molar-refractivity contribution in [2.24, 2.45) is 0 Å². The number of hydrogen-bond acceptors (Lipinski definition) is 4. The molecule has 0 N–H and O–H groups in total. The van der Waals surface area contributed by atoms with Crippen molar-refractivity contribution >= 4 is 0 Å². The molecule has 2 rings (SSSR count). The molecule has 0 spiro atoms. The molecule has 1 aromatic heterocycles. The van der Waals surface area contributed by atoms with Crippen LogP contribution in [0.3, 0.4) is 0 Å². The van der Waals surface area contributed by atoms with Gasteiger partial charge in [0.1, 0.15) is 5.75 Å². The molecule has 4 heteroatoms. The first-order valence-electron chi connectivity index (χ1n) is 14.5. The van der Waals surface area contributed by atoms with Crippen molar-refractivity contribution in [1.29, 1.82) is 0 Å². The highest BCUT2D eigenvalue weighted by atomic mass is 16.7. The number of rotatable bonds is 21. The summed E-state index contributed by atoms with van der Waals surface area (Å²) >= 11 is 0. The zero-order valence-corrected chi connectivity index (χ0v) is 22.8. The first-order chi connectivity index (χ1) is 17.3. The van der Waals surface area contributed by atoms with Gasteiger partial charge in [0.2, 0.25) is 0 Å². The standard InChI is InChI=1S/C31H50N2O2/c1-4-7-10-12-14-16-18-27-25-32-31(33-26-27)28-20-22-29(23-21-28)35-30(19-9-6-3)34-24-17-15-13-11-8-5-2/h20-23,25-26,30H,4-19,24H2,1-3H3. The molecule has 1 heterocycles. The summed E-state index contributed by atoms with van der Waals surface area (Å²) in [6, 6.07) is 8.11. The molecule has 0 bridgehead atoms. The average molecular weight is 483 g/mol. The summed E-state index contributed by atoms with van der Waals surface area (Å²) in [6.45, 7) is 7.50. The van der Waals surface area contributed by atoms with Crippen molar-refractivity contribution < 1.29 is 9.47 Å². The average Bonchev–Trinajstić information content (AvgIpc) is 2.89. The summed E-state index contributed by atoms with van der Waals surface area (Å²) in [5, 5.41) is 0. The summed E-state index contributed by atoms with van der Waals surface area (Å²) in [4.78, 5) is 9.22. The van der Waals surface area contributed by atoms with Crippen LogP contribution in [0.5, 0.6) is 5.75 Å².